The maximum absolute atomic E-state index is 6.34. The molecule has 0 heterocycles. The topological polar surface area (TPSA) is 27.7 Å². The van der Waals surface area contributed by atoms with Crippen molar-refractivity contribution in [3.8, 4) is 23.0 Å². The first-order valence-corrected chi connectivity index (χ1v) is 16.0. The van der Waals surface area contributed by atoms with E-state index in [0.717, 1.165) is 28.6 Å². The summed E-state index contributed by atoms with van der Waals surface area (Å²) in [6.07, 6.45) is 1.78. The van der Waals surface area contributed by atoms with Gasteiger partial charge in [0.05, 0.1) is 0 Å². The zero-order valence-corrected chi connectivity index (χ0v) is 24.0. The second kappa shape index (κ2) is 12.7. The second-order valence-corrected chi connectivity index (χ2v) is 13.9. The summed E-state index contributed by atoms with van der Waals surface area (Å²) in [6.45, 7) is 9.19. The van der Waals surface area contributed by atoms with E-state index in [4.69, 9.17) is 14.2 Å². The SMILES string of the molecule is C=CCOc1ccc(OCc2ccc(Oc3ccc(C)cc3)cc2)cc1[PH](C)(c1ccccc1)c1ccccc1. The molecule has 0 saturated carbocycles. The first-order chi connectivity index (χ1) is 19.6. The third-order valence-corrected chi connectivity index (χ3v) is 11.6. The van der Waals surface area contributed by atoms with E-state index in [1.807, 2.05) is 60.7 Å². The molecule has 0 amide bonds. The van der Waals surface area contributed by atoms with Crippen LogP contribution in [-0.2, 0) is 6.61 Å². The number of benzene rings is 5. The normalized spacial score (nSPS) is 11.4. The van der Waals surface area contributed by atoms with Crippen LogP contribution in [0, 0.1) is 6.92 Å². The third-order valence-electron chi connectivity index (χ3n) is 7.13. The fraction of sp³-hybridized carbons (Fsp3) is 0.111. The molecular formula is C36H35O3P. The van der Waals surface area contributed by atoms with Crippen LogP contribution >= 0.6 is 7.26 Å². The van der Waals surface area contributed by atoms with Crippen molar-refractivity contribution in [3.05, 3.63) is 151 Å². The first kappa shape index (κ1) is 27.2. The Bertz CT molecular complexity index is 1490. The molecule has 0 atom stereocenters. The van der Waals surface area contributed by atoms with Crippen molar-refractivity contribution in [2.45, 2.75) is 13.5 Å². The summed E-state index contributed by atoms with van der Waals surface area (Å²) < 4.78 is 18.5. The van der Waals surface area contributed by atoms with E-state index in [-0.39, 0.29) is 0 Å². The van der Waals surface area contributed by atoms with Crippen LogP contribution in [0.4, 0.5) is 0 Å². The van der Waals surface area contributed by atoms with Gasteiger partial charge in [0.1, 0.15) is 0 Å². The first-order valence-electron chi connectivity index (χ1n) is 13.5. The minimum atomic E-state index is -2.42. The molecule has 0 bridgehead atoms. The molecule has 0 aliphatic rings. The molecule has 0 aliphatic heterocycles. The maximum atomic E-state index is 6.34. The summed E-state index contributed by atoms with van der Waals surface area (Å²) >= 11 is 0. The van der Waals surface area contributed by atoms with Crippen molar-refractivity contribution < 1.29 is 14.2 Å². The van der Waals surface area contributed by atoms with E-state index in [1.165, 1.54) is 21.5 Å². The Morgan fingerprint density at radius 1 is 0.650 bits per heavy atom. The van der Waals surface area contributed by atoms with Crippen LogP contribution in [0.15, 0.2) is 140 Å². The molecule has 0 fully saturated rings. The Hall–Kier alpha value is -4.33. The van der Waals surface area contributed by atoms with Crippen LogP contribution in [0.3, 0.4) is 0 Å². The molecular weight excluding hydrogens is 511 g/mol. The molecule has 5 aromatic carbocycles. The average Bonchev–Trinajstić information content (AvgIpc) is 3.01. The Labute approximate surface area is 238 Å². The van der Waals surface area contributed by atoms with Crippen molar-refractivity contribution in [1.29, 1.82) is 0 Å². The fourth-order valence-corrected chi connectivity index (χ4v) is 8.60. The second-order valence-electron chi connectivity index (χ2n) is 9.96. The molecule has 5 rings (SSSR count). The molecule has 0 saturated heterocycles. The van der Waals surface area contributed by atoms with Crippen LogP contribution in [0.1, 0.15) is 11.1 Å². The Kier molecular flexibility index (Phi) is 8.64. The standard InChI is InChI=1S/C36H35O3P/c1-4-25-37-35-24-23-32(38-27-29-17-21-31(22-18-29)39-30-19-15-28(2)16-20-30)26-36(35)40(3,33-11-7-5-8-12-33)34-13-9-6-10-14-34/h4-24,26,40H,1,25,27H2,2-3H3. The van der Waals surface area contributed by atoms with Crippen LogP contribution < -0.4 is 30.1 Å². The van der Waals surface area contributed by atoms with Gasteiger partial charge in [0, 0.05) is 0 Å². The predicted molar refractivity (Wildman–Crippen MR) is 170 cm³/mol. The van der Waals surface area contributed by atoms with Crippen LogP contribution in [0.5, 0.6) is 23.0 Å². The van der Waals surface area contributed by atoms with Gasteiger partial charge in [0.2, 0.25) is 0 Å². The summed E-state index contributed by atoms with van der Waals surface area (Å²) in [7, 11) is -2.42. The number of hydrogen-bond donors (Lipinski definition) is 0. The zero-order valence-electron chi connectivity index (χ0n) is 23.0. The van der Waals surface area contributed by atoms with Gasteiger partial charge in [0.25, 0.3) is 0 Å². The van der Waals surface area contributed by atoms with Crippen LogP contribution in [0.25, 0.3) is 0 Å². The number of rotatable bonds is 11. The van der Waals surface area contributed by atoms with Crippen molar-refractivity contribution in [3.63, 3.8) is 0 Å². The summed E-state index contributed by atoms with van der Waals surface area (Å²) in [5.41, 5.74) is 2.27. The average molecular weight is 547 g/mol. The van der Waals surface area contributed by atoms with E-state index in [2.05, 4.69) is 86.9 Å². The Morgan fingerprint density at radius 3 is 1.77 bits per heavy atom. The van der Waals surface area contributed by atoms with Gasteiger partial charge in [-0.3, -0.25) is 0 Å². The molecule has 0 aliphatic carbocycles. The van der Waals surface area contributed by atoms with Gasteiger partial charge in [0.15, 0.2) is 0 Å². The molecule has 0 spiro atoms. The predicted octanol–water partition coefficient (Wildman–Crippen LogP) is 7.59. The Balaban J connectivity index is 1.42. The summed E-state index contributed by atoms with van der Waals surface area (Å²) in [5, 5.41) is 3.79. The van der Waals surface area contributed by atoms with E-state index in [1.54, 1.807) is 6.08 Å². The molecule has 0 N–H and O–H groups in total. The molecule has 0 radical (unpaired) electrons. The minimum absolute atomic E-state index is 0.443. The quantitative estimate of drug-likeness (QED) is 0.126. The van der Waals surface area contributed by atoms with E-state index in [9.17, 15) is 0 Å². The van der Waals surface area contributed by atoms with Gasteiger partial charge in [-0.1, -0.05) is 17.7 Å². The van der Waals surface area contributed by atoms with Gasteiger partial charge >= 0.3 is 214 Å². The third kappa shape index (κ3) is 6.28. The van der Waals surface area contributed by atoms with Crippen molar-refractivity contribution in [2.24, 2.45) is 0 Å². The zero-order chi connectivity index (χ0) is 27.8. The Morgan fingerprint density at radius 2 is 1.20 bits per heavy atom. The van der Waals surface area contributed by atoms with Crippen LogP contribution in [0.2, 0.25) is 0 Å². The molecule has 40 heavy (non-hydrogen) atoms. The van der Waals surface area contributed by atoms with Gasteiger partial charge in [-0.15, -0.1) is 0 Å². The van der Waals surface area contributed by atoms with Gasteiger partial charge in [-0.05, 0) is 6.92 Å². The fourth-order valence-electron chi connectivity index (χ4n) is 4.85. The molecule has 3 nitrogen and oxygen atoms in total. The molecule has 0 aromatic heterocycles. The number of hydrogen-bond acceptors (Lipinski definition) is 3. The molecule has 5 aromatic rings. The summed E-state index contributed by atoms with van der Waals surface area (Å²) in [6, 6.07) is 43.8. The van der Waals surface area contributed by atoms with Gasteiger partial charge < -0.3 is 0 Å². The number of aryl methyl sites for hydroxylation is 1. The summed E-state index contributed by atoms with van der Waals surface area (Å²) in [4.78, 5) is 0. The van der Waals surface area contributed by atoms with Crippen molar-refractivity contribution in [2.75, 3.05) is 13.3 Å². The van der Waals surface area contributed by atoms with Crippen molar-refractivity contribution in [1.82, 2.24) is 0 Å². The molecule has 0 unspecified atom stereocenters. The van der Waals surface area contributed by atoms with E-state index < -0.39 is 7.26 Å². The van der Waals surface area contributed by atoms with Crippen molar-refractivity contribution >= 4 is 23.2 Å². The number of ether oxygens (including phenoxy) is 3. The van der Waals surface area contributed by atoms with Gasteiger partial charge in [-0.2, -0.15) is 0 Å². The van der Waals surface area contributed by atoms with Crippen LogP contribution in [-0.4, -0.2) is 13.3 Å². The summed E-state index contributed by atoms with van der Waals surface area (Å²) in [5.74, 6) is 3.30. The monoisotopic (exact) mass is 546 g/mol. The van der Waals surface area contributed by atoms with Gasteiger partial charge in [-0.25, -0.2) is 0 Å². The van der Waals surface area contributed by atoms with E-state index >= 15 is 0 Å². The molecule has 4 heteroatoms. The molecule has 202 valence electrons. The van der Waals surface area contributed by atoms with E-state index in [0.29, 0.717) is 13.2 Å².